The van der Waals surface area contributed by atoms with Crippen molar-refractivity contribution < 1.29 is 15.3 Å². The molecule has 3 N–H and O–H groups in total. The average molecular weight is 345 g/mol. The second kappa shape index (κ2) is 5.88. The van der Waals surface area contributed by atoms with Crippen molar-refractivity contribution in [1.82, 2.24) is 4.90 Å². The number of nitrogens with zero attached hydrogens (tertiary/aromatic N) is 1. The normalized spacial score (nSPS) is 36.2. The second-order valence-electron chi connectivity index (χ2n) is 8.70. The summed E-state index contributed by atoms with van der Waals surface area (Å²) in [4.78, 5) is 2.47. The zero-order valence-electron chi connectivity index (χ0n) is 15.5. The average Bonchev–Trinajstić information content (AvgIpc) is 3.40. The highest BCUT2D eigenvalue weighted by Crippen LogP contribution is 2.57. The van der Waals surface area contributed by atoms with Crippen molar-refractivity contribution in [1.29, 1.82) is 0 Å². The van der Waals surface area contributed by atoms with Gasteiger partial charge < -0.3 is 15.3 Å². The lowest BCUT2D eigenvalue weighted by molar-refractivity contribution is -0.155. The number of fused-ring (bicyclic) bond motifs is 1. The van der Waals surface area contributed by atoms with Crippen LogP contribution in [0.25, 0.3) is 0 Å². The molecule has 0 spiro atoms. The summed E-state index contributed by atoms with van der Waals surface area (Å²) in [6.07, 6.45) is 7.22. The molecule has 0 amide bonds. The molecule has 3 fully saturated rings. The largest absolute Gasteiger partial charge is 0.504 e. The molecule has 0 aromatic heterocycles. The lowest BCUT2D eigenvalue weighted by Gasteiger charge is -2.60. The van der Waals surface area contributed by atoms with Gasteiger partial charge in [-0.15, -0.1) is 0 Å². The van der Waals surface area contributed by atoms with E-state index in [9.17, 15) is 15.3 Å². The maximum absolute atomic E-state index is 12.0. The van der Waals surface area contributed by atoms with Gasteiger partial charge in [0.15, 0.2) is 11.5 Å². The minimum absolute atomic E-state index is 0.0248. The van der Waals surface area contributed by atoms with Crippen molar-refractivity contribution >= 4 is 0 Å². The monoisotopic (exact) mass is 345 g/mol. The van der Waals surface area contributed by atoms with Crippen LogP contribution in [0.4, 0.5) is 0 Å². The van der Waals surface area contributed by atoms with Gasteiger partial charge in [0.05, 0.1) is 5.60 Å². The van der Waals surface area contributed by atoms with E-state index in [1.165, 1.54) is 12.8 Å². The highest BCUT2D eigenvalue weighted by atomic mass is 16.3. The third-order valence-electron chi connectivity index (χ3n) is 7.34. The van der Waals surface area contributed by atoms with E-state index in [1.54, 1.807) is 6.07 Å². The summed E-state index contributed by atoms with van der Waals surface area (Å²) in [5, 5.41) is 32.8. The minimum atomic E-state index is -0.853. The summed E-state index contributed by atoms with van der Waals surface area (Å²) >= 11 is 0. The third-order valence-corrected chi connectivity index (χ3v) is 7.34. The molecule has 1 unspecified atom stereocenters. The topological polar surface area (TPSA) is 63.9 Å². The van der Waals surface area contributed by atoms with Gasteiger partial charge >= 0.3 is 0 Å². The number of piperidine rings is 1. The molecule has 1 heterocycles. The van der Waals surface area contributed by atoms with Gasteiger partial charge in [0.1, 0.15) is 0 Å². The van der Waals surface area contributed by atoms with Crippen molar-refractivity contribution in [2.24, 2.45) is 5.92 Å². The number of aliphatic hydroxyl groups is 1. The van der Waals surface area contributed by atoms with Gasteiger partial charge in [-0.1, -0.05) is 18.9 Å². The quantitative estimate of drug-likeness (QED) is 0.734. The lowest BCUT2D eigenvalue weighted by Crippen LogP contribution is -2.69. The highest BCUT2D eigenvalue weighted by molar-refractivity contribution is 5.54. The van der Waals surface area contributed by atoms with Crippen molar-refractivity contribution in [3.63, 3.8) is 0 Å². The fourth-order valence-electron chi connectivity index (χ4n) is 5.69. The molecular weight excluding hydrogens is 314 g/mol. The Bertz CT molecular complexity index is 671. The van der Waals surface area contributed by atoms with Gasteiger partial charge in [-0.2, -0.15) is 0 Å². The molecule has 1 saturated heterocycles. The SMILES string of the molecule is Cc1ccc(O)c(O)c1[C@@]12CCCCC1(O)[C@@H](C)N(CC1CC1)CC2. The number of benzene rings is 1. The molecule has 0 bridgehead atoms. The molecule has 2 saturated carbocycles. The molecule has 3 aliphatic rings. The van der Waals surface area contributed by atoms with Crippen LogP contribution >= 0.6 is 0 Å². The molecule has 1 aromatic carbocycles. The Morgan fingerprint density at radius 3 is 2.56 bits per heavy atom. The van der Waals surface area contributed by atoms with Crippen LogP contribution in [-0.4, -0.2) is 45.0 Å². The maximum atomic E-state index is 12.0. The molecule has 4 rings (SSSR count). The van der Waals surface area contributed by atoms with Crippen molar-refractivity contribution in [2.75, 3.05) is 13.1 Å². The zero-order valence-corrected chi connectivity index (χ0v) is 15.5. The minimum Gasteiger partial charge on any atom is -0.504 e. The van der Waals surface area contributed by atoms with E-state index in [4.69, 9.17) is 0 Å². The van der Waals surface area contributed by atoms with Crippen LogP contribution in [0.2, 0.25) is 0 Å². The van der Waals surface area contributed by atoms with E-state index in [-0.39, 0.29) is 17.5 Å². The van der Waals surface area contributed by atoms with Crippen LogP contribution in [0.5, 0.6) is 11.5 Å². The Kier molecular flexibility index (Phi) is 4.04. The summed E-state index contributed by atoms with van der Waals surface area (Å²) in [5.41, 5.74) is 0.442. The first-order valence-electron chi connectivity index (χ1n) is 9.87. The summed E-state index contributed by atoms with van der Waals surface area (Å²) in [6.45, 7) is 6.19. The number of aromatic hydroxyl groups is 2. The van der Waals surface area contributed by atoms with Crippen molar-refractivity contribution in [3.8, 4) is 11.5 Å². The van der Waals surface area contributed by atoms with E-state index >= 15 is 0 Å². The van der Waals surface area contributed by atoms with E-state index in [0.29, 0.717) is 0 Å². The highest BCUT2D eigenvalue weighted by Gasteiger charge is 2.60. The van der Waals surface area contributed by atoms with Crippen LogP contribution in [0.1, 0.15) is 63.0 Å². The number of phenolic OH excluding ortho intramolecular Hbond substituents is 2. The fourth-order valence-corrected chi connectivity index (χ4v) is 5.69. The molecule has 3 atom stereocenters. The summed E-state index contributed by atoms with van der Waals surface area (Å²) in [7, 11) is 0. The first-order valence-corrected chi connectivity index (χ1v) is 9.87. The molecule has 2 aliphatic carbocycles. The molecule has 1 aliphatic heterocycles. The zero-order chi connectivity index (χ0) is 17.8. The van der Waals surface area contributed by atoms with Gasteiger partial charge in [-0.3, -0.25) is 4.90 Å². The number of rotatable bonds is 3. The molecule has 4 heteroatoms. The Morgan fingerprint density at radius 2 is 1.84 bits per heavy atom. The van der Waals surface area contributed by atoms with Gasteiger partial charge in [0.25, 0.3) is 0 Å². The van der Waals surface area contributed by atoms with E-state index in [0.717, 1.165) is 62.2 Å². The molecule has 25 heavy (non-hydrogen) atoms. The van der Waals surface area contributed by atoms with Crippen LogP contribution in [0, 0.1) is 12.8 Å². The number of likely N-dealkylation sites (tertiary alicyclic amines) is 1. The second-order valence-corrected chi connectivity index (χ2v) is 8.70. The van der Waals surface area contributed by atoms with E-state index in [2.05, 4.69) is 11.8 Å². The molecule has 138 valence electrons. The maximum Gasteiger partial charge on any atom is 0.161 e. The van der Waals surface area contributed by atoms with Crippen LogP contribution < -0.4 is 0 Å². The molecular formula is C21H31NO3. The predicted molar refractivity (Wildman–Crippen MR) is 98.0 cm³/mol. The van der Waals surface area contributed by atoms with Gasteiger partial charge in [-0.05, 0) is 70.0 Å². The van der Waals surface area contributed by atoms with Crippen LogP contribution in [-0.2, 0) is 5.41 Å². The van der Waals surface area contributed by atoms with E-state index < -0.39 is 11.0 Å². The third kappa shape index (κ3) is 2.48. The first kappa shape index (κ1) is 17.2. The smallest absolute Gasteiger partial charge is 0.161 e. The van der Waals surface area contributed by atoms with Gasteiger partial charge in [-0.25, -0.2) is 0 Å². The standard InChI is InChI=1S/C21H31NO3/c1-14-5-8-17(23)19(24)18(14)20-9-3-4-10-21(20,25)15(2)22(12-11-20)13-16-6-7-16/h5,8,15-16,23-25H,3-4,6-7,9-13H2,1-2H3/t15-,20+,21?/m1/s1. The Labute approximate surface area is 150 Å². The summed E-state index contributed by atoms with van der Waals surface area (Å²) < 4.78 is 0. The summed E-state index contributed by atoms with van der Waals surface area (Å²) in [6, 6.07) is 3.50. The number of phenols is 2. The van der Waals surface area contributed by atoms with Crippen LogP contribution in [0.15, 0.2) is 12.1 Å². The Balaban J connectivity index is 1.80. The lowest BCUT2D eigenvalue weighted by atomic mass is 9.53. The van der Waals surface area contributed by atoms with Gasteiger partial charge in [0.2, 0.25) is 0 Å². The predicted octanol–water partition coefficient (Wildman–Crippen LogP) is 3.45. The number of hydrogen-bond donors (Lipinski definition) is 3. The number of hydrogen-bond acceptors (Lipinski definition) is 4. The Morgan fingerprint density at radius 1 is 1.12 bits per heavy atom. The Hall–Kier alpha value is -1.26. The summed E-state index contributed by atoms with van der Waals surface area (Å²) in [5.74, 6) is 0.706. The van der Waals surface area contributed by atoms with Crippen molar-refractivity contribution in [2.45, 2.75) is 75.9 Å². The molecule has 4 nitrogen and oxygen atoms in total. The van der Waals surface area contributed by atoms with Crippen molar-refractivity contribution in [3.05, 3.63) is 23.3 Å². The van der Waals surface area contributed by atoms with Crippen LogP contribution in [0.3, 0.4) is 0 Å². The van der Waals surface area contributed by atoms with Gasteiger partial charge in [0, 0.05) is 23.6 Å². The number of aryl methyl sites for hydroxylation is 1. The van der Waals surface area contributed by atoms with E-state index in [1.807, 2.05) is 13.0 Å². The fraction of sp³-hybridized carbons (Fsp3) is 0.714. The molecule has 1 aromatic rings. The molecule has 0 radical (unpaired) electrons. The first-order chi connectivity index (χ1) is 11.9.